The Morgan fingerprint density at radius 3 is 3.00 bits per heavy atom. The van der Waals surface area contributed by atoms with Crippen molar-refractivity contribution in [3.05, 3.63) is 0 Å². The molecular formula is C12H25NO3. The molecule has 0 aromatic heterocycles. The van der Waals surface area contributed by atoms with E-state index in [2.05, 4.69) is 5.32 Å². The molecule has 4 nitrogen and oxygen atoms in total. The molecule has 1 aliphatic heterocycles. The molecule has 0 aromatic rings. The van der Waals surface area contributed by atoms with Crippen molar-refractivity contribution in [2.75, 3.05) is 33.4 Å². The minimum Gasteiger partial charge on any atom is -0.389 e. The minimum absolute atomic E-state index is 0.427. The van der Waals surface area contributed by atoms with Crippen molar-refractivity contribution in [2.45, 2.75) is 44.3 Å². The monoisotopic (exact) mass is 231 g/mol. The Bertz CT molecular complexity index is 179. The average molecular weight is 231 g/mol. The smallest absolute Gasteiger partial charge is 0.0765 e. The van der Waals surface area contributed by atoms with Crippen molar-refractivity contribution in [1.29, 1.82) is 0 Å². The Morgan fingerprint density at radius 1 is 1.56 bits per heavy atom. The van der Waals surface area contributed by atoms with Crippen LogP contribution < -0.4 is 5.32 Å². The number of aliphatic hydroxyl groups is 1. The van der Waals surface area contributed by atoms with Crippen molar-refractivity contribution in [1.82, 2.24) is 5.32 Å². The fraction of sp³-hybridized carbons (Fsp3) is 1.00. The predicted octanol–water partition coefficient (Wildman–Crippen LogP) is 0.933. The summed E-state index contributed by atoms with van der Waals surface area (Å²) in [6.07, 6.45) is 4.51. The van der Waals surface area contributed by atoms with Gasteiger partial charge in [-0.2, -0.15) is 0 Å². The van der Waals surface area contributed by atoms with E-state index in [0.717, 1.165) is 19.6 Å². The molecule has 0 radical (unpaired) electrons. The maximum atomic E-state index is 9.96. The first kappa shape index (κ1) is 13.9. The van der Waals surface area contributed by atoms with Crippen LogP contribution in [0.15, 0.2) is 0 Å². The van der Waals surface area contributed by atoms with E-state index in [-0.39, 0.29) is 0 Å². The van der Waals surface area contributed by atoms with Crippen molar-refractivity contribution in [2.24, 2.45) is 0 Å². The zero-order chi connectivity index (χ0) is 11.9. The van der Waals surface area contributed by atoms with E-state index < -0.39 is 5.60 Å². The van der Waals surface area contributed by atoms with Crippen molar-refractivity contribution < 1.29 is 14.6 Å². The summed E-state index contributed by atoms with van der Waals surface area (Å²) in [5.41, 5.74) is -0.674. The van der Waals surface area contributed by atoms with Crippen LogP contribution in [-0.4, -0.2) is 50.2 Å². The minimum atomic E-state index is -0.674. The van der Waals surface area contributed by atoms with E-state index in [1.54, 1.807) is 7.11 Å². The number of hydrogen-bond donors (Lipinski definition) is 2. The van der Waals surface area contributed by atoms with E-state index >= 15 is 0 Å². The highest BCUT2D eigenvalue weighted by molar-refractivity contribution is 4.76. The second-order valence-corrected chi connectivity index (χ2v) is 4.84. The molecule has 0 saturated carbocycles. The van der Waals surface area contributed by atoms with Crippen LogP contribution in [0.5, 0.6) is 0 Å². The Morgan fingerprint density at radius 2 is 2.38 bits per heavy atom. The van der Waals surface area contributed by atoms with Gasteiger partial charge in [0, 0.05) is 33.3 Å². The Labute approximate surface area is 98.3 Å². The first-order valence-electron chi connectivity index (χ1n) is 6.18. The number of rotatable bonds is 8. The highest BCUT2D eigenvalue weighted by atomic mass is 16.5. The highest BCUT2D eigenvalue weighted by Gasteiger charge is 2.20. The van der Waals surface area contributed by atoms with E-state index in [9.17, 15) is 5.11 Å². The van der Waals surface area contributed by atoms with Gasteiger partial charge in [-0.05, 0) is 32.7 Å². The lowest BCUT2D eigenvalue weighted by molar-refractivity contribution is 0.0239. The van der Waals surface area contributed by atoms with Crippen LogP contribution in [-0.2, 0) is 9.47 Å². The van der Waals surface area contributed by atoms with Gasteiger partial charge in [0.25, 0.3) is 0 Å². The van der Waals surface area contributed by atoms with Crippen LogP contribution in [0, 0.1) is 0 Å². The molecule has 0 spiro atoms. The van der Waals surface area contributed by atoms with E-state index in [4.69, 9.17) is 9.47 Å². The summed E-state index contributed by atoms with van der Waals surface area (Å²) >= 11 is 0. The van der Waals surface area contributed by atoms with Gasteiger partial charge in [-0.15, -0.1) is 0 Å². The van der Waals surface area contributed by atoms with Crippen molar-refractivity contribution in [3.8, 4) is 0 Å². The topological polar surface area (TPSA) is 50.7 Å². The summed E-state index contributed by atoms with van der Waals surface area (Å²) < 4.78 is 10.5. The lowest BCUT2D eigenvalue weighted by Crippen LogP contribution is -2.39. The molecule has 0 aliphatic carbocycles. The summed E-state index contributed by atoms with van der Waals surface area (Å²) in [6, 6.07) is 0. The molecule has 16 heavy (non-hydrogen) atoms. The van der Waals surface area contributed by atoms with Gasteiger partial charge >= 0.3 is 0 Å². The summed E-state index contributed by atoms with van der Waals surface area (Å²) in [4.78, 5) is 0. The van der Waals surface area contributed by atoms with Crippen LogP contribution in [0.25, 0.3) is 0 Å². The molecule has 2 unspecified atom stereocenters. The predicted molar refractivity (Wildman–Crippen MR) is 63.6 cm³/mol. The molecule has 1 aliphatic rings. The first-order valence-corrected chi connectivity index (χ1v) is 6.18. The van der Waals surface area contributed by atoms with Crippen LogP contribution in [0.3, 0.4) is 0 Å². The highest BCUT2D eigenvalue weighted by Crippen LogP contribution is 2.14. The van der Waals surface area contributed by atoms with Gasteiger partial charge in [-0.25, -0.2) is 0 Å². The van der Waals surface area contributed by atoms with Gasteiger partial charge in [0.05, 0.1) is 11.7 Å². The summed E-state index contributed by atoms with van der Waals surface area (Å²) in [5, 5.41) is 13.2. The Hall–Kier alpha value is -0.160. The fourth-order valence-corrected chi connectivity index (χ4v) is 1.90. The third-order valence-corrected chi connectivity index (χ3v) is 3.02. The van der Waals surface area contributed by atoms with Crippen LogP contribution in [0.2, 0.25) is 0 Å². The third-order valence-electron chi connectivity index (χ3n) is 3.02. The molecule has 0 amide bonds. The number of nitrogens with one attached hydrogen (secondary N) is 1. The molecule has 1 fully saturated rings. The van der Waals surface area contributed by atoms with Crippen molar-refractivity contribution >= 4 is 0 Å². The van der Waals surface area contributed by atoms with Gasteiger partial charge < -0.3 is 19.9 Å². The van der Waals surface area contributed by atoms with Gasteiger partial charge in [0.1, 0.15) is 0 Å². The number of hydrogen-bond acceptors (Lipinski definition) is 4. The lowest BCUT2D eigenvalue weighted by Gasteiger charge is -2.23. The largest absolute Gasteiger partial charge is 0.389 e. The molecule has 1 heterocycles. The fourth-order valence-electron chi connectivity index (χ4n) is 1.90. The van der Waals surface area contributed by atoms with E-state index in [1.807, 2.05) is 6.92 Å². The van der Waals surface area contributed by atoms with Crippen molar-refractivity contribution in [3.63, 3.8) is 0 Å². The van der Waals surface area contributed by atoms with Gasteiger partial charge in [-0.3, -0.25) is 0 Å². The standard InChI is InChI=1S/C12H25NO3/c1-12(14,6-9-15-2)10-13-7-5-11-4-3-8-16-11/h11,13-14H,3-10H2,1-2H3. The molecule has 4 heteroatoms. The zero-order valence-electron chi connectivity index (χ0n) is 10.5. The maximum Gasteiger partial charge on any atom is 0.0765 e. The van der Waals surface area contributed by atoms with Gasteiger partial charge in [-0.1, -0.05) is 0 Å². The normalized spacial score (nSPS) is 24.6. The van der Waals surface area contributed by atoms with Gasteiger partial charge in [0.15, 0.2) is 0 Å². The average Bonchev–Trinajstić information content (AvgIpc) is 2.75. The molecule has 1 saturated heterocycles. The first-order chi connectivity index (χ1) is 7.64. The molecule has 0 bridgehead atoms. The second-order valence-electron chi connectivity index (χ2n) is 4.84. The molecule has 1 rings (SSSR count). The van der Waals surface area contributed by atoms with Crippen LogP contribution >= 0.6 is 0 Å². The molecule has 0 aromatic carbocycles. The summed E-state index contributed by atoms with van der Waals surface area (Å²) in [6.45, 7) is 4.87. The molecule has 96 valence electrons. The summed E-state index contributed by atoms with van der Waals surface area (Å²) in [7, 11) is 1.65. The van der Waals surface area contributed by atoms with E-state index in [0.29, 0.717) is 25.7 Å². The Balaban J connectivity index is 2.00. The third kappa shape index (κ3) is 5.80. The quantitative estimate of drug-likeness (QED) is 0.610. The second kappa shape index (κ2) is 7.22. The van der Waals surface area contributed by atoms with E-state index in [1.165, 1.54) is 12.8 Å². The van der Waals surface area contributed by atoms with Gasteiger partial charge in [0.2, 0.25) is 0 Å². The Kier molecular flexibility index (Phi) is 6.28. The molecule has 2 N–H and O–H groups in total. The molecular weight excluding hydrogens is 206 g/mol. The maximum absolute atomic E-state index is 9.96. The number of methoxy groups -OCH3 is 1. The molecule has 2 atom stereocenters. The SMILES string of the molecule is COCCC(C)(O)CNCCC1CCCO1. The van der Waals surface area contributed by atoms with Crippen LogP contribution in [0.4, 0.5) is 0 Å². The number of ether oxygens (including phenoxy) is 2. The lowest BCUT2D eigenvalue weighted by atomic mass is 10.0. The zero-order valence-corrected chi connectivity index (χ0v) is 10.5. The van der Waals surface area contributed by atoms with Crippen LogP contribution in [0.1, 0.15) is 32.6 Å². The summed E-state index contributed by atoms with van der Waals surface area (Å²) in [5.74, 6) is 0.